The summed E-state index contributed by atoms with van der Waals surface area (Å²) in [7, 11) is -4.04. The van der Waals surface area contributed by atoms with Gasteiger partial charge in [0, 0.05) is 0 Å². The second kappa shape index (κ2) is 7.55. The standard InChI is InChI=1S/C15H13N3O6S/c19-13(16-12-9-5-4-8-11(12)15(21)22)14(20)17-18-25(23,24)10-6-2-1-3-7-10/h1-9,18H,(H,16,19)(H,17,20)(H,21,22). The Hall–Kier alpha value is -3.24. The van der Waals surface area contributed by atoms with Gasteiger partial charge in [-0.2, -0.15) is 0 Å². The third-order valence-electron chi connectivity index (χ3n) is 2.96. The van der Waals surface area contributed by atoms with E-state index in [4.69, 9.17) is 5.11 Å². The van der Waals surface area contributed by atoms with E-state index in [1.165, 1.54) is 48.5 Å². The summed E-state index contributed by atoms with van der Waals surface area (Å²) in [6, 6.07) is 12.7. The second-order valence-corrected chi connectivity index (χ2v) is 6.36. The van der Waals surface area contributed by atoms with E-state index in [-0.39, 0.29) is 16.1 Å². The van der Waals surface area contributed by atoms with Crippen molar-refractivity contribution < 1.29 is 27.9 Å². The van der Waals surface area contributed by atoms with E-state index in [1.807, 2.05) is 0 Å². The Bertz CT molecular complexity index is 912. The van der Waals surface area contributed by atoms with Gasteiger partial charge in [0.25, 0.3) is 10.0 Å². The van der Waals surface area contributed by atoms with Gasteiger partial charge in [-0.05, 0) is 24.3 Å². The second-order valence-electron chi connectivity index (χ2n) is 4.68. The highest BCUT2D eigenvalue weighted by atomic mass is 32.2. The molecular weight excluding hydrogens is 350 g/mol. The number of hydrogen-bond acceptors (Lipinski definition) is 5. The van der Waals surface area contributed by atoms with Crippen molar-refractivity contribution in [1.82, 2.24) is 10.3 Å². The first-order valence-electron chi connectivity index (χ1n) is 6.82. The zero-order valence-corrected chi connectivity index (χ0v) is 13.4. The molecule has 2 rings (SSSR count). The number of nitrogens with one attached hydrogen (secondary N) is 3. The topological polar surface area (TPSA) is 142 Å². The molecule has 0 fully saturated rings. The summed E-state index contributed by atoms with van der Waals surface area (Å²) in [4.78, 5) is 36.2. The zero-order chi connectivity index (χ0) is 18.4. The number of aromatic carboxylic acids is 1. The minimum atomic E-state index is -4.04. The van der Waals surface area contributed by atoms with Crippen LogP contribution >= 0.6 is 0 Å². The van der Waals surface area contributed by atoms with Crippen LogP contribution in [0.5, 0.6) is 0 Å². The van der Waals surface area contributed by atoms with Gasteiger partial charge in [0.05, 0.1) is 16.1 Å². The SMILES string of the molecule is O=C(NNS(=O)(=O)c1ccccc1)C(=O)Nc1ccccc1C(=O)O. The number of hydrogen-bond donors (Lipinski definition) is 4. The maximum atomic E-state index is 11.9. The minimum Gasteiger partial charge on any atom is -0.478 e. The number of carboxylic acid groups (broad SMARTS) is 1. The molecule has 2 aromatic carbocycles. The Morgan fingerprint density at radius 2 is 1.44 bits per heavy atom. The van der Waals surface area contributed by atoms with Gasteiger partial charge in [0.2, 0.25) is 0 Å². The lowest BCUT2D eigenvalue weighted by molar-refractivity contribution is -0.136. The van der Waals surface area contributed by atoms with Crippen molar-refractivity contribution >= 4 is 33.5 Å². The molecule has 0 aromatic heterocycles. The van der Waals surface area contributed by atoms with Crippen molar-refractivity contribution in [2.75, 3.05) is 5.32 Å². The first kappa shape index (κ1) is 18.1. The highest BCUT2D eigenvalue weighted by molar-refractivity contribution is 7.89. The molecule has 0 aliphatic heterocycles. The van der Waals surface area contributed by atoms with Crippen molar-refractivity contribution in [2.45, 2.75) is 4.90 Å². The summed E-state index contributed by atoms with van der Waals surface area (Å²) < 4.78 is 23.9. The van der Waals surface area contributed by atoms with Gasteiger partial charge in [-0.3, -0.25) is 15.0 Å². The number of sulfonamides is 1. The Morgan fingerprint density at radius 1 is 0.840 bits per heavy atom. The smallest absolute Gasteiger partial charge is 0.337 e. The highest BCUT2D eigenvalue weighted by Gasteiger charge is 2.20. The number of anilines is 1. The first-order valence-corrected chi connectivity index (χ1v) is 8.30. The first-order chi connectivity index (χ1) is 11.8. The molecule has 0 unspecified atom stereocenters. The van der Waals surface area contributed by atoms with Crippen molar-refractivity contribution in [1.29, 1.82) is 0 Å². The number of benzene rings is 2. The molecule has 0 heterocycles. The quantitative estimate of drug-likeness (QED) is 0.446. The van der Waals surface area contributed by atoms with Gasteiger partial charge in [-0.1, -0.05) is 30.3 Å². The molecule has 130 valence electrons. The van der Waals surface area contributed by atoms with E-state index in [1.54, 1.807) is 16.3 Å². The number of carbonyl (C=O) groups excluding carboxylic acids is 2. The maximum Gasteiger partial charge on any atom is 0.337 e. The van der Waals surface area contributed by atoms with Crippen molar-refractivity contribution in [2.24, 2.45) is 0 Å². The van der Waals surface area contributed by atoms with Crippen molar-refractivity contribution in [3.8, 4) is 0 Å². The molecule has 0 aliphatic rings. The van der Waals surface area contributed by atoms with E-state index in [0.29, 0.717) is 0 Å². The third kappa shape index (κ3) is 4.62. The maximum absolute atomic E-state index is 11.9. The highest BCUT2D eigenvalue weighted by Crippen LogP contribution is 2.14. The fourth-order valence-electron chi connectivity index (χ4n) is 1.79. The molecule has 2 aromatic rings. The lowest BCUT2D eigenvalue weighted by Crippen LogP contribution is -2.46. The summed E-state index contributed by atoms with van der Waals surface area (Å²) in [5.74, 6) is -3.83. The van der Waals surface area contributed by atoms with Gasteiger partial charge in [0.15, 0.2) is 0 Å². The van der Waals surface area contributed by atoms with Crippen LogP contribution in [0.1, 0.15) is 10.4 Å². The summed E-state index contributed by atoms with van der Waals surface area (Å²) in [6.07, 6.45) is 0. The Balaban J connectivity index is 2.02. The summed E-state index contributed by atoms with van der Waals surface area (Å²) in [5, 5.41) is 11.1. The van der Waals surface area contributed by atoms with Crippen LogP contribution < -0.4 is 15.6 Å². The molecule has 0 saturated carbocycles. The van der Waals surface area contributed by atoms with Crippen LogP contribution in [-0.2, 0) is 19.6 Å². The summed E-state index contributed by atoms with van der Waals surface area (Å²) in [6.45, 7) is 0. The lowest BCUT2D eigenvalue weighted by atomic mass is 10.2. The van der Waals surface area contributed by atoms with Crippen molar-refractivity contribution in [3.63, 3.8) is 0 Å². The number of amides is 2. The fraction of sp³-hybridized carbons (Fsp3) is 0. The monoisotopic (exact) mass is 363 g/mol. The van der Waals surface area contributed by atoms with Crippen LogP contribution in [0.2, 0.25) is 0 Å². The van der Waals surface area contributed by atoms with E-state index >= 15 is 0 Å². The summed E-state index contributed by atoms with van der Waals surface area (Å²) >= 11 is 0. The zero-order valence-electron chi connectivity index (χ0n) is 12.6. The molecule has 9 nitrogen and oxygen atoms in total. The number of rotatable bonds is 5. The van der Waals surface area contributed by atoms with Crippen LogP contribution in [0.15, 0.2) is 59.5 Å². The fourth-order valence-corrected chi connectivity index (χ4v) is 2.65. The van der Waals surface area contributed by atoms with Crippen LogP contribution in [0.4, 0.5) is 5.69 Å². The third-order valence-corrected chi connectivity index (χ3v) is 4.23. The molecule has 10 heteroatoms. The van der Waals surface area contributed by atoms with Gasteiger partial charge >= 0.3 is 17.8 Å². The normalized spacial score (nSPS) is 10.7. The molecule has 0 atom stereocenters. The molecule has 0 aliphatic carbocycles. The molecule has 25 heavy (non-hydrogen) atoms. The molecule has 2 amide bonds. The number of carboxylic acids is 1. The molecule has 0 spiro atoms. The van der Waals surface area contributed by atoms with E-state index in [9.17, 15) is 22.8 Å². The predicted molar refractivity (Wildman–Crippen MR) is 86.9 cm³/mol. The van der Waals surface area contributed by atoms with E-state index in [2.05, 4.69) is 5.32 Å². The largest absolute Gasteiger partial charge is 0.478 e. The number of para-hydroxylation sites is 1. The van der Waals surface area contributed by atoms with Gasteiger partial charge in [0.1, 0.15) is 0 Å². The van der Waals surface area contributed by atoms with Crippen LogP contribution in [-0.4, -0.2) is 31.3 Å². The van der Waals surface area contributed by atoms with Crippen LogP contribution in [0.3, 0.4) is 0 Å². The number of hydrazine groups is 1. The van der Waals surface area contributed by atoms with Crippen LogP contribution in [0.25, 0.3) is 0 Å². The van der Waals surface area contributed by atoms with Gasteiger partial charge in [-0.25, -0.2) is 13.2 Å². The minimum absolute atomic E-state index is 0.0962. The average molecular weight is 363 g/mol. The molecule has 0 bridgehead atoms. The molecule has 0 radical (unpaired) electrons. The number of carbonyl (C=O) groups is 3. The predicted octanol–water partition coefficient (Wildman–Crippen LogP) is 0.333. The Kier molecular flexibility index (Phi) is 5.47. The Labute approximate surface area is 142 Å². The van der Waals surface area contributed by atoms with Crippen molar-refractivity contribution in [3.05, 3.63) is 60.2 Å². The Morgan fingerprint density at radius 3 is 2.08 bits per heavy atom. The van der Waals surface area contributed by atoms with E-state index in [0.717, 1.165) is 0 Å². The van der Waals surface area contributed by atoms with Crippen LogP contribution in [0, 0.1) is 0 Å². The summed E-state index contributed by atoms with van der Waals surface area (Å²) in [5.41, 5.74) is 1.44. The lowest BCUT2D eigenvalue weighted by Gasteiger charge is -2.10. The molecule has 4 N–H and O–H groups in total. The molecular formula is C15H13N3O6S. The average Bonchev–Trinajstić information content (AvgIpc) is 2.60. The van der Waals surface area contributed by atoms with Gasteiger partial charge in [-0.15, -0.1) is 4.83 Å². The van der Waals surface area contributed by atoms with E-state index < -0.39 is 27.8 Å². The van der Waals surface area contributed by atoms with Gasteiger partial charge < -0.3 is 10.4 Å². The molecule has 0 saturated heterocycles.